The highest BCUT2D eigenvalue weighted by Gasteiger charge is 2.16. The van der Waals surface area contributed by atoms with Crippen LogP contribution in [-0.4, -0.2) is 30.2 Å². The molecule has 1 aromatic carbocycles. The predicted molar refractivity (Wildman–Crippen MR) is 73.7 cm³/mol. The summed E-state index contributed by atoms with van der Waals surface area (Å²) in [5, 5.41) is -0.0471. The van der Waals surface area contributed by atoms with E-state index in [1.54, 1.807) is 12.1 Å². The minimum atomic E-state index is -3.20. The van der Waals surface area contributed by atoms with Gasteiger partial charge in [0.25, 0.3) is 0 Å². The van der Waals surface area contributed by atoms with E-state index in [1.807, 2.05) is 13.8 Å². The third-order valence-electron chi connectivity index (χ3n) is 2.55. The van der Waals surface area contributed by atoms with Crippen LogP contribution in [0.3, 0.4) is 0 Å². The van der Waals surface area contributed by atoms with E-state index in [-0.39, 0.29) is 16.2 Å². The van der Waals surface area contributed by atoms with Crippen molar-refractivity contribution in [3.8, 4) is 0 Å². The zero-order chi connectivity index (χ0) is 13.9. The van der Waals surface area contributed by atoms with Gasteiger partial charge < -0.3 is 5.73 Å². The number of hydrogen-bond donors (Lipinski definition) is 1. The molecule has 1 rings (SSSR count). The van der Waals surface area contributed by atoms with Gasteiger partial charge in [0.05, 0.1) is 15.7 Å². The van der Waals surface area contributed by atoms with Crippen molar-refractivity contribution in [3.63, 3.8) is 0 Å². The molecule has 0 aliphatic carbocycles. The Balaban J connectivity index is 2.89. The molecule has 0 heterocycles. The van der Waals surface area contributed by atoms with Crippen LogP contribution in [0.25, 0.3) is 0 Å². The molecule has 0 spiro atoms. The summed E-state index contributed by atoms with van der Waals surface area (Å²) in [5.41, 5.74) is 5.68. The standard InChI is InChI=1S/C12H19NO3S2/c1-9(13)8-10(2)17(14)11-4-6-12(7-5-11)18(3,15)16/h4-7,9-10H,8,13H2,1-3H3. The van der Waals surface area contributed by atoms with Gasteiger partial charge in [-0.25, -0.2) is 8.42 Å². The van der Waals surface area contributed by atoms with E-state index >= 15 is 0 Å². The average Bonchev–Trinajstić information content (AvgIpc) is 2.26. The van der Waals surface area contributed by atoms with E-state index in [2.05, 4.69) is 0 Å². The number of sulfone groups is 1. The first-order valence-electron chi connectivity index (χ1n) is 5.68. The fourth-order valence-corrected chi connectivity index (χ4v) is 3.64. The molecular formula is C12H19NO3S2. The lowest BCUT2D eigenvalue weighted by atomic mass is 10.2. The van der Waals surface area contributed by atoms with Crippen LogP contribution in [0.15, 0.2) is 34.1 Å². The molecule has 2 N–H and O–H groups in total. The normalized spacial score (nSPS) is 17.1. The fourth-order valence-electron chi connectivity index (χ4n) is 1.66. The third kappa shape index (κ3) is 4.19. The second-order valence-electron chi connectivity index (χ2n) is 4.56. The topological polar surface area (TPSA) is 77.2 Å². The van der Waals surface area contributed by atoms with Crippen LogP contribution in [0, 0.1) is 0 Å². The fraction of sp³-hybridized carbons (Fsp3) is 0.500. The van der Waals surface area contributed by atoms with Crippen molar-refractivity contribution in [2.75, 3.05) is 6.26 Å². The van der Waals surface area contributed by atoms with Gasteiger partial charge >= 0.3 is 0 Å². The van der Waals surface area contributed by atoms with Crippen molar-refractivity contribution in [3.05, 3.63) is 24.3 Å². The first-order valence-corrected chi connectivity index (χ1v) is 8.78. The van der Waals surface area contributed by atoms with Gasteiger partial charge in [0.15, 0.2) is 9.84 Å². The summed E-state index contributed by atoms with van der Waals surface area (Å²) < 4.78 is 34.7. The second-order valence-corrected chi connectivity index (χ2v) is 8.45. The maximum Gasteiger partial charge on any atom is 0.175 e. The maximum atomic E-state index is 12.1. The lowest BCUT2D eigenvalue weighted by molar-refractivity contribution is 0.601. The number of benzene rings is 1. The predicted octanol–water partition coefficient (Wildman–Crippen LogP) is 1.32. The Kier molecular flexibility index (Phi) is 5.07. The molecule has 0 fully saturated rings. The van der Waals surface area contributed by atoms with E-state index < -0.39 is 20.6 Å². The molecule has 0 aliphatic heterocycles. The number of rotatable bonds is 5. The molecule has 6 heteroatoms. The SMILES string of the molecule is CC(N)CC(C)S(=O)c1ccc(S(C)(=O)=O)cc1. The Morgan fingerprint density at radius 1 is 1.22 bits per heavy atom. The summed E-state index contributed by atoms with van der Waals surface area (Å²) >= 11 is 0. The molecule has 102 valence electrons. The second kappa shape index (κ2) is 5.95. The van der Waals surface area contributed by atoms with Gasteiger partial charge in [0, 0.05) is 22.4 Å². The highest BCUT2D eigenvalue weighted by Crippen LogP contribution is 2.17. The van der Waals surface area contributed by atoms with Crippen LogP contribution in [0.5, 0.6) is 0 Å². The highest BCUT2D eigenvalue weighted by molar-refractivity contribution is 7.90. The van der Waals surface area contributed by atoms with Gasteiger partial charge in [0.1, 0.15) is 0 Å². The van der Waals surface area contributed by atoms with Crippen LogP contribution in [0.4, 0.5) is 0 Å². The van der Waals surface area contributed by atoms with Gasteiger partial charge in [0.2, 0.25) is 0 Å². The third-order valence-corrected chi connectivity index (χ3v) is 5.34. The number of hydrogen-bond acceptors (Lipinski definition) is 4. The summed E-state index contributed by atoms with van der Waals surface area (Å²) in [6.07, 6.45) is 1.82. The van der Waals surface area contributed by atoms with Crippen LogP contribution < -0.4 is 5.73 Å². The molecule has 4 nitrogen and oxygen atoms in total. The molecular weight excluding hydrogens is 270 g/mol. The summed E-state index contributed by atoms with van der Waals surface area (Å²) in [7, 11) is -4.36. The Bertz CT molecular complexity index is 521. The van der Waals surface area contributed by atoms with Crippen LogP contribution >= 0.6 is 0 Å². The van der Waals surface area contributed by atoms with Crippen LogP contribution in [0.2, 0.25) is 0 Å². The molecule has 0 radical (unpaired) electrons. The highest BCUT2D eigenvalue weighted by atomic mass is 32.2. The summed E-state index contributed by atoms with van der Waals surface area (Å²) in [6, 6.07) is 6.18. The van der Waals surface area contributed by atoms with Crippen molar-refractivity contribution in [2.45, 2.75) is 41.4 Å². The van der Waals surface area contributed by atoms with E-state index in [9.17, 15) is 12.6 Å². The quantitative estimate of drug-likeness (QED) is 0.887. The Morgan fingerprint density at radius 3 is 2.11 bits per heavy atom. The molecule has 0 bridgehead atoms. The number of nitrogens with two attached hydrogens (primary N) is 1. The molecule has 18 heavy (non-hydrogen) atoms. The van der Waals surface area contributed by atoms with E-state index in [1.165, 1.54) is 12.1 Å². The molecule has 0 amide bonds. The van der Waals surface area contributed by atoms with Gasteiger partial charge in [-0.2, -0.15) is 0 Å². The van der Waals surface area contributed by atoms with Gasteiger partial charge in [-0.1, -0.05) is 6.92 Å². The van der Waals surface area contributed by atoms with Crippen molar-refractivity contribution < 1.29 is 12.6 Å². The van der Waals surface area contributed by atoms with Gasteiger partial charge in [-0.15, -0.1) is 0 Å². The van der Waals surface area contributed by atoms with Crippen LogP contribution in [-0.2, 0) is 20.6 Å². The minimum Gasteiger partial charge on any atom is -0.328 e. The Hall–Kier alpha value is -0.720. The lowest BCUT2D eigenvalue weighted by Gasteiger charge is -2.13. The summed E-state index contributed by atoms with van der Waals surface area (Å²) in [4.78, 5) is 0.874. The smallest absolute Gasteiger partial charge is 0.175 e. The molecule has 3 atom stereocenters. The Labute approximate surface area is 111 Å². The van der Waals surface area contributed by atoms with Crippen molar-refractivity contribution in [2.24, 2.45) is 5.73 Å². The van der Waals surface area contributed by atoms with E-state index in [4.69, 9.17) is 5.73 Å². The largest absolute Gasteiger partial charge is 0.328 e. The van der Waals surface area contributed by atoms with Gasteiger partial charge in [-0.3, -0.25) is 4.21 Å². The van der Waals surface area contributed by atoms with Crippen molar-refractivity contribution >= 4 is 20.6 Å². The molecule has 0 saturated carbocycles. The molecule has 0 aromatic heterocycles. The summed E-state index contributed by atoms with van der Waals surface area (Å²) in [6.45, 7) is 3.75. The Morgan fingerprint density at radius 2 is 1.72 bits per heavy atom. The first-order chi connectivity index (χ1) is 8.21. The zero-order valence-electron chi connectivity index (χ0n) is 10.8. The lowest BCUT2D eigenvalue weighted by Crippen LogP contribution is -2.24. The molecule has 1 aromatic rings. The molecule has 0 saturated heterocycles. The maximum absolute atomic E-state index is 12.1. The zero-order valence-corrected chi connectivity index (χ0v) is 12.4. The minimum absolute atomic E-state index is 0.000701. The van der Waals surface area contributed by atoms with Gasteiger partial charge in [-0.05, 0) is 37.6 Å². The average molecular weight is 289 g/mol. The van der Waals surface area contributed by atoms with E-state index in [0.717, 1.165) is 6.26 Å². The van der Waals surface area contributed by atoms with E-state index in [0.29, 0.717) is 11.3 Å². The first kappa shape index (κ1) is 15.3. The van der Waals surface area contributed by atoms with Crippen molar-refractivity contribution in [1.82, 2.24) is 0 Å². The van der Waals surface area contributed by atoms with Crippen molar-refractivity contribution in [1.29, 1.82) is 0 Å². The summed E-state index contributed by atoms with van der Waals surface area (Å²) in [5.74, 6) is 0. The van der Waals surface area contributed by atoms with Crippen LogP contribution in [0.1, 0.15) is 20.3 Å². The monoisotopic (exact) mass is 289 g/mol. The molecule has 0 aliphatic rings. The molecule has 3 unspecified atom stereocenters.